The van der Waals surface area contributed by atoms with Gasteiger partial charge in [0.2, 0.25) is 0 Å². The van der Waals surface area contributed by atoms with Gasteiger partial charge in [0.05, 0.1) is 13.2 Å². The van der Waals surface area contributed by atoms with E-state index in [0.717, 1.165) is 37.6 Å². The molecule has 4 heteroatoms. The van der Waals surface area contributed by atoms with Crippen molar-refractivity contribution in [3.8, 4) is 11.5 Å². The summed E-state index contributed by atoms with van der Waals surface area (Å²) < 4.78 is 22.8. The lowest BCUT2D eigenvalue weighted by atomic mass is 9.72. The summed E-state index contributed by atoms with van der Waals surface area (Å²) in [6, 6.07) is 13.5. The molecule has 2 saturated heterocycles. The number of hydrogen-bond donors (Lipinski definition) is 0. The molecule has 31 heavy (non-hydrogen) atoms. The first kappa shape index (κ1) is 19.6. The van der Waals surface area contributed by atoms with Crippen LogP contribution in [0, 0.1) is 0 Å². The molecule has 0 saturated carbocycles. The summed E-state index contributed by atoms with van der Waals surface area (Å²) in [4.78, 5) is 0. The van der Waals surface area contributed by atoms with Gasteiger partial charge in [-0.25, -0.2) is 0 Å². The number of hydrogen-bond acceptors (Lipinski definition) is 4. The lowest BCUT2D eigenvalue weighted by Gasteiger charge is -2.30. The Balaban J connectivity index is 1.41. The molecule has 3 unspecified atom stereocenters. The van der Waals surface area contributed by atoms with Crippen molar-refractivity contribution in [2.75, 3.05) is 26.4 Å². The van der Waals surface area contributed by atoms with Crippen LogP contribution in [0.2, 0.25) is 0 Å². The standard InChI is InChI=1S/C27H32O4/c1-25(2)15-27(24-10-18(5-7-21(24)25)29-12-20-14-31-20)16-26(3,4)23-9-17(6-8-22(23)27)28-11-19-13-30-19/h5-10,19-20H,11-16H2,1-4H3. The second-order valence-corrected chi connectivity index (χ2v) is 11.2. The van der Waals surface area contributed by atoms with Gasteiger partial charge in [0, 0.05) is 5.41 Å². The van der Waals surface area contributed by atoms with Crippen LogP contribution >= 0.6 is 0 Å². The molecule has 0 bridgehead atoms. The highest BCUT2D eigenvalue weighted by molar-refractivity contribution is 5.61. The summed E-state index contributed by atoms with van der Waals surface area (Å²) in [6.07, 6.45) is 2.77. The number of rotatable bonds is 6. The van der Waals surface area contributed by atoms with E-state index in [2.05, 4.69) is 64.1 Å². The lowest BCUT2D eigenvalue weighted by molar-refractivity contribution is 0.262. The monoisotopic (exact) mass is 420 g/mol. The van der Waals surface area contributed by atoms with Crippen molar-refractivity contribution in [3.63, 3.8) is 0 Å². The van der Waals surface area contributed by atoms with Gasteiger partial charge in [0.1, 0.15) is 36.9 Å². The summed E-state index contributed by atoms with van der Waals surface area (Å²) >= 11 is 0. The second kappa shape index (κ2) is 6.49. The van der Waals surface area contributed by atoms with E-state index >= 15 is 0 Å². The van der Waals surface area contributed by atoms with Crippen molar-refractivity contribution in [1.29, 1.82) is 0 Å². The molecular formula is C27H32O4. The SMILES string of the molecule is CC1(C)CC2(CC(C)(C)c3ccc(OCC4CO4)cc32)c2ccc(OCC3CO3)cc21. The Morgan fingerprint density at radius 3 is 1.74 bits per heavy atom. The molecule has 0 radical (unpaired) electrons. The maximum absolute atomic E-state index is 6.09. The zero-order valence-electron chi connectivity index (χ0n) is 19.0. The van der Waals surface area contributed by atoms with Crippen molar-refractivity contribution in [2.24, 2.45) is 0 Å². The van der Waals surface area contributed by atoms with E-state index in [9.17, 15) is 0 Å². The van der Waals surface area contributed by atoms with Crippen LogP contribution in [-0.2, 0) is 25.7 Å². The van der Waals surface area contributed by atoms with Crippen molar-refractivity contribution in [2.45, 2.75) is 69.0 Å². The van der Waals surface area contributed by atoms with Crippen LogP contribution in [-0.4, -0.2) is 38.6 Å². The smallest absolute Gasteiger partial charge is 0.119 e. The quantitative estimate of drug-likeness (QED) is 0.624. The Morgan fingerprint density at radius 2 is 1.19 bits per heavy atom. The van der Waals surface area contributed by atoms with Gasteiger partial charge >= 0.3 is 0 Å². The van der Waals surface area contributed by atoms with E-state index in [-0.39, 0.29) is 28.5 Å². The number of fused-ring (bicyclic) bond motifs is 4. The Kier molecular flexibility index (Phi) is 4.11. The molecule has 4 nitrogen and oxygen atoms in total. The third-order valence-corrected chi connectivity index (χ3v) is 7.64. The molecule has 2 aromatic carbocycles. The largest absolute Gasteiger partial charge is 0.491 e. The predicted octanol–water partition coefficient (Wildman–Crippen LogP) is 4.89. The highest BCUT2D eigenvalue weighted by Gasteiger charge is 2.56. The molecule has 4 aliphatic rings. The first-order chi connectivity index (χ1) is 14.8. The number of ether oxygens (including phenoxy) is 4. The highest BCUT2D eigenvalue weighted by atomic mass is 16.6. The number of epoxide rings is 2. The van der Waals surface area contributed by atoms with Gasteiger partial charge in [-0.3, -0.25) is 0 Å². The summed E-state index contributed by atoms with van der Waals surface area (Å²) in [5.41, 5.74) is 6.01. The van der Waals surface area contributed by atoms with Crippen LogP contribution in [0.25, 0.3) is 0 Å². The minimum Gasteiger partial charge on any atom is -0.491 e. The molecule has 1 spiro atoms. The van der Waals surface area contributed by atoms with Gasteiger partial charge in [-0.2, -0.15) is 0 Å². The molecule has 2 heterocycles. The fourth-order valence-electron chi connectivity index (χ4n) is 6.18. The van der Waals surface area contributed by atoms with Gasteiger partial charge in [0.25, 0.3) is 0 Å². The third kappa shape index (κ3) is 3.27. The van der Waals surface area contributed by atoms with E-state index in [4.69, 9.17) is 18.9 Å². The molecule has 0 N–H and O–H groups in total. The van der Waals surface area contributed by atoms with E-state index in [1.165, 1.54) is 22.3 Å². The summed E-state index contributed by atoms with van der Waals surface area (Å²) in [5.74, 6) is 1.92. The van der Waals surface area contributed by atoms with E-state index in [1.807, 2.05) is 0 Å². The van der Waals surface area contributed by atoms with Gasteiger partial charge in [-0.15, -0.1) is 0 Å². The molecule has 0 aromatic heterocycles. The Labute approximate surface area is 184 Å². The fourth-order valence-corrected chi connectivity index (χ4v) is 6.18. The highest BCUT2D eigenvalue weighted by Crippen LogP contribution is 2.63. The van der Waals surface area contributed by atoms with Crippen LogP contribution in [0.5, 0.6) is 11.5 Å². The van der Waals surface area contributed by atoms with Crippen LogP contribution < -0.4 is 9.47 Å². The molecule has 164 valence electrons. The zero-order valence-corrected chi connectivity index (χ0v) is 19.0. The first-order valence-electron chi connectivity index (χ1n) is 11.6. The molecular weight excluding hydrogens is 388 g/mol. The third-order valence-electron chi connectivity index (χ3n) is 7.64. The minimum atomic E-state index is 0.0191. The lowest BCUT2D eigenvalue weighted by Crippen LogP contribution is -2.27. The average Bonchev–Trinajstić information content (AvgIpc) is 3.64. The Hall–Kier alpha value is -2.04. The van der Waals surface area contributed by atoms with Gasteiger partial charge in [-0.05, 0) is 70.2 Å². The van der Waals surface area contributed by atoms with Gasteiger partial charge in [-0.1, -0.05) is 39.8 Å². The van der Waals surface area contributed by atoms with E-state index < -0.39 is 0 Å². The van der Waals surface area contributed by atoms with Gasteiger partial charge in [0.15, 0.2) is 0 Å². The molecule has 3 atom stereocenters. The molecule has 2 fully saturated rings. The average molecular weight is 421 g/mol. The summed E-state index contributed by atoms with van der Waals surface area (Å²) in [6.45, 7) is 12.5. The van der Waals surface area contributed by atoms with Crippen LogP contribution in [0.15, 0.2) is 36.4 Å². The fraction of sp³-hybridized carbons (Fsp3) is 0.556. The molecule has 2 aliphatic carbocycles. The van der Waals surface area contributed by atoms with Crippen molar-refractivity contribution in [3.05, 3.63) is 58.7 Å². The van der Waals surface area contributed by atoms with Crippen LogP contribution in [0.1, 0.15) is 62.8 Å². The molecule has 2 aromatic rings. The maximum Gasteiger partial charge on any atom is 0.119 e. The van der Waals surface area contributed by atoms with E-state index in [1.54, 1.807) is 0 Å². The maximum atomic E-state index is 6.09. The zero-order chi connectivity index (χ0) is 21.4. The van der Waals surface area contributed by atoms with Crippen molar-refractivity contribution in [1.82, 2.24) is 0 Å². The van der Waals surface area contributed by atoms with E-state index in [0.29, 0.717) is 13.2 Å². The second-order valence-electron chi connectivity index (χ2n) is 11.2. The Morgan fingerprint density at radius 1 is 0.710 bits per heavy atom. The topological polar surface area (TPSA) is 43.5 Å². The van der Waals surface area contributed by atoms with Crippen LogP contribution in [0.3, 0.4) is 0 Å². The normalized spacial score (nSPS) is 30.7. The van der Waals surface area contributed by atoms with Crippen molar-refractivity contribution >= 4 is 0 Å². The molecule has 2 aliphatic heterocycles. The summed E-state index contributed by atoms with van der Waals surface area (Å²) in [7, 11) is 0. The molecule has 0 amide bonds. The first-order valence-corrected chi connectivity index (χ1v) is 11.6. The van der Waals surface area contributed by atoms with Crippen molar-refractivity contribution < 1.29 is 18.9 Å². The Bertz CT molecular complexity index is 1030. The predicted molar refractivity (Wildman–Crippen MR) is 119 cm³/mol. The van der Waals surface area contributed by atoms with Crippen LogP contribution in [0.4, 0.5) is 0 Å². The minimum absolute atomic E-state index is 0.0191. The van der Waals surface area contributed by atoms with Gasteiger partial charge < -0.3 is 18.9 Å². The molecule has 6 rings (SSSR count). The summed E-state index contributed by atoms with van der Waals surface area (Å²) in [5, 5.41) is 0. The number of benzene rings is 2.